The van der Waals surface area contributed by atoms with Gasteiger partial charge in [0.1, 0.15) is 29.4 Å². The average Bonchev–Trinajstić information content (AvgIpc) is 3.51. The highest BCUT2D eigenvalue weighted by atomic mass is 35.5. The van der Waals surface area contributed by atoms with Gasteiger partial charge in [-0.2, -0.15) is 0 Å². The number of amides is 1. The van der Waals surface area contributed by atoms with Gasteiger partial charge < -0.3 is 9.30 Å². The first-order valence-corrected chi connectivity index (χ1v) is 14.3. The molecule has 0 atom stereocenters. The fourth-order valence-electron chi connectivity index (χ4n) is 3.85. The Labute approximate surface area is 228 Å². The SMILES string of the molecule is Cc1ccc(S(=O)(=O)NC(=O)c2ccc3nc(C)n(Cc4ccc(OCc5cccs5)cc4Cl)c3n2)cc1. The van der Waals surface area contributed by atoms with Crippen molar-refractivity contribution in [3.63, 3.8) is 0 Å². The van der Waals surface area contributed by atoms with Gasteiger partial charge in [-0.1, -0.05) is 41.4 Å². The van der Waals surface area contributed by atoms with Gasteiger partial charge in [-0.05, 0) is 67.3 Å². The number of sulfonamides is 1. The molecular formula is C27H23ClN4O4S2. The predicted molar refractivity (Wildman–Crippen MR) is 147 cm³/mol. The van der Waals surface area contributed by atoms with Crippen molar-refractivity contribution in [2.75, 3.05) is 0 Å². The van der Waals surface area contributed by atoms with Crippen molar-refractivity contribution in [1.82, 2.24) is 19.3 Å². The molecule has 0 aliphatic rings. The first-order valence-electron chi connectivity index (χ1n) is 11.6. The van der Waals surface area contributed by atoms with Crippen LogP contribution in [0.1, 0.15) is 32.3 Å². The Kier molecular flexibility index (Phi) is 7.20. The summed E-state index contributed by atoms with van der Waals surface area (Å²) in [5, 5.41) is 2.52. The van der Waals surface area contributed by atoms with Crippen molar-refractivity contribution in [3.05, 3.63) is 105 Å². The molecule has 0 aliphatic heterocycles. The summed E-state index contributed by atoms with van der Waals surface area (Å²) in [5.41, 5.74) is 2.70. The number of hydrogen-bond acceptors (Lipinski definition) is 7. The van der Waals surface area contributed by atoms with Crippen LogP contribution in [-0.2, 0) is 23.2 Å². The lowest BCUT2D eigenvalue weighted by Gasteiger charge is -2.11. The average molecular weight is 567 g/mol. The first-order chi connectivity index (χ1) is 18.2. The molecular weight excluding hydrogens is 544 g/mol. The largest absolute Gasteiger partial charge is 0.488 e. The Morgan fingerprint density at radius 1 is 1.05 bits per heavy atom. The summed E-state index contributed by atoms with van der Waals surface area (Å²) in [6, 6.07) is 18.8. The normalized spacial score (nSPS) is 11.6. The second-order valence-electron chi connectivity index (χ2n) is 8.65. The standard InChI is InChI=1S/C27H23ClN4O4S2/c1-17-5-9-22(10-6-17)38(34,35)31-27(33)25-12-11-24-26(30-25)32(18(2)29-24)15-19-7-8-20(14-23(19)28)36-16-21-4-3-13-37-21/h3-14H,15-16H2,1-2H3,(H,31,33). The van der Waals surface area contributed by atoms with Crippen LogP contribution in [0.15, 0.2) is 77.0 Å². The summed E-state index contributed by atoms with van der Waals surface area (Å²) in [6.45, 7) is 4.50. The van der Waals surface area contributed by atoms with Crippen molar-refractivity contribution in [2.45, 2.75) is 31.9 Å². The van der Waals surface area contributed by atoms with Crippen LogP contribution in [0.3, 0.4) is 0 Å². The summed E-state index contributed by atoms with van der Waals surface area (Å²) in [5.74, 6) is 0.501. The zero-order chi connectivity index (χ0) is 26.9. The highest BCUT2D eigenvalue weighted by Gasteiger charge is 2.21. The van der Waals surface area contributed by atoms with Gasteiger partial charge in [-0.15, -0.1) is 11.3 Å². The van der Waals surface area contributed by atoms with Crippen LogP contribution in [0.5, 0.6) is 5.75 Å². The zero-order valence-corrected chi connectivity index (χ0v) is 22.9. The van der Waals surface area contributed by atoms with Crippen molar-refractivity contribution in [2.24, 2.45) is 0 Å². The molecule has 0 bridgehead atoms. The molecule has 0 fully saturated rings. The Morgan fingerprint density at radius 2 is 1.84 bits per heavy atom. The van der Waals surface area contributed by atoms with Crippen LogP contribution in [0, 0.1) is 13.8 Å². The van der Waals surface area contributed by atoms with Gasteiger partial charge in [0, 0.05) is 9.90 Å². The molecule has 8 nitrogen and oxygen atoms in total. The smallest absolute Gasteiger partial charge is 0.283 e. The molecule has 5 aromatic rings. The summed E-state index contributed by atoms with van der Waals surface area (Å²) in [4.78, 5) is 22.9. The first kappa shape index (κ1) is 25.9. The van der Waals surface area contributed by atoms with Crippen LogP contribution in [-0.4, -0.2) is 28.9 Å². The van der Waals surface area contributed by atoms with E-state index in [0.29, 0.717) is 40.9 Å². The van der Waals surface area contributed by atoms with E-state index in [9.17, 15) is 13.2 Å². The number of carbonyl (C=O) groups excluding carboxylic acids is 1. The van der Waals surface area contributed by atoms with E-state index in [1.165, 1.54) is 18.2 Å². The van der Waals surface area contributed by atoms with Gasteiger partial charge in [-0.3, -0.25) is 4.79 Å². The van der Waals surface area contributed by atoms with E-state index in [-0.39, 0.29) is 10.6 Å². The number of nitrogens with one attached hydrogen (secondary N) is 1. The summed E-state index contributed by atoms with van der Waals surface area (Å²) < 4.78 is 35.1. The number of pyridine rings is 1. The molecule has 0 aliphatic carbocycles. The number of thiophene rings is 1. The number of aryl methyl sites for hydroxylation is 2. The van der Waals surface area contributed by atoms with E-state index < -0.39 is 15.9 Å². The van der Waals surface area contributed by atoms with Crippen molar-refractivity contribution in [1.29, 1.82) is 0 Å². The molecule has 194 valence electrons. The van der Waals surface area contributed by atoms with Gasteiger partial charge in [0.05, 0.1) is 11.4 Å². The highest BCUT2D eigenvalue weighted by molar-refractivity contribution is 7.90. The molecule has 1 N–H and O–H groups in total. The molecule has 3 aromatic heterocycles. The lowest BCUT2D eigenvalue weighted by molar-refractivity contribution is 0.0977. The Balaban J connectivity index is 1.37. The number of ether oxygens (including phenoxy) is 1. The molecule has 0 unspecified atom stereocenters. The van der Waals surface area contributed by atoms with E-state index in [4.69, 9.17) is 16.3 Å². The number of halogens is 1. The summed E-state index contributed by atoms with van der Waals surface area (Å²) in [7, 11) is -4.05. The van der Waals surface area contributed by atoms with Crippen LogP contribution >= 0.6 is 22.9 Å². The number of benzene rings is 2. The van der Waals surface area contributed by atoms with E-state index >= 15 is 0 Å². The molecule has 3 heterocycles. The number of rotatable bonds is 8. The molecule has 2 aromatic carbocycles. The summed E-state index contributed by atoms with van der Waals surface area (Å²) in [6.07, 6.45) is 0. The predicted octanol–water partition coefficient (Wildman–Crippen LogP) is 5.51. The molecule has 1 amide bonds. The molecule has 0 saturated carbocycles. The number of fused-ring (bicyclic) bond motifs is 1. The van der Waals surface area contributed by atoms with Crippen molar-refractivity contribution < 1.29 is 17.9 Å². The van der Waals surface area contributed by atoms with E-state index in [1.807, 2.05) is 48.1 Å². The Morgan fingerprint density at radius 3 is 2.55 bits per heavy atom. The number of aromatic nitrogens is 3. The number of hydrogen-bond donors (Lipinski definition) is 1. The molecule has 0 saturated heterocycles. The van der Waals surface area contributed by atoms with Crippen LogP contribution in [0.25, 0.3) is 11.2 Å². The minimum Gasteiger partial charge on any atom is -0.488 e. The van der Waals surface area contributed by atoms with Gasteiger partial charge in [0.25, 0.3) is 15.9 Å². The minimum atomic E-state index is -4.05. The third-order valence-electron chi connectivity index (χ3n) is 5.89. The van der Waals surface area contributed by atoms with Crippen LogP contribution in [0.2, 0.25) is 5.02 Å². The number of carbonyl (C=O) groups is 1. The molecule has 0 radical (unpaired) electrons. The maximum atomic E-state index is 12.8. The topological polar surface area (TPSA) is 103 Å². The van der Waals surface area contributed by atoms with E-state index in [1.54, 1.807) is 35.6 Å². The van der Waals surface area contributed by atoms with Crippen molar-refractivity contribution in [3.8, 4) is 5.75 Å². The van der Waals surface area contributed by atoms with Crippen LogP contribution in [0.4, 0.5) is 0 Å². The zero-order valence-electron chi connectivity index (χ0n) is 20.5. The van der Waals surface area contributed by atoms with Gasteiger partial charge in [-0.25, -0.2) is 23.1 Å². The third kappa shape index (κ3) is 5.57. The van der Waals surface area contributed by atoms with Crippen molar-refractivity contribution >= 4 is 50.0 Å². The number of nitrogens with zero attached hydrogens (tertiary/aromatic N) is 3. The maximum Gasteiger partial charge on any atom is 0.283 e. The molecule has 0 spiro atoms. The van der Waals surface area contributed by atoms with E-state index in [2.05, 4.69) is 14.7 Å². The maximum absolute atomic E-state index is 12.8. The molecule has 5 rings (SSSR count). The van der Waals surface area contributed by atoms with Gasteiger partial charge in [0.2, 0.25) is 0 Å². The lowest BCUT2D eigenvalue weighted by Crippen LogP contribution is -2.31. The number of imidazole rings is 1. The van der Waals surface area contributed by atoms with Gasteiger partial charge in [0.15, 0.2) is 5.65 Å². The minimum absolute atomic E-state index is 0.00382. The summed E-state index contributed by atoms with van der Waals surface area (Å²) >= 11 is 8.19. The Bertz CT molecular complexity index is 1730. The quantitative estimate of drug-likeness (QED) is 0.266. The van der Waals surface area contributed by atoms with Crippen LogP contribution < -0.4 is 9.46 Å². The second kappa shape index (κ2) is 10.6. The lowest BCUT2D eigenvalue weighted by atomic mass is 10.2. The van der Waals surface area contributed by atoms with Gasteiger partial charge >= 0.3 is 0 Å². The monoisotopic (exact) mass is 566 g/mol. The fourth-order valence-corrected chi connectivity index (χ4v) is 5.65. The highest BCUT2D eigenvalue weighted by Crippen LogP contribution is 2.26. The fraction of sp³-hybridized carbons (Fsp3) is 0.148. The Hall–Kier alpha value is -3.73. The third-order valence-corrected chi connectivity index (χ3v) is 8.44. The molecule has 11 heteroatoms. The van der Waals surface area contributed by atoms with E-state index in [0.717, 1.165) is 16.0 Å². The second-order valence-corrected chi connectivity index (χ2v) is 11.8. The molecule has 38 heavy (non-hydrogen) atoms.